The summed E-state index contributed by atoms with van der Waals surface area (Å²) >= 11 is 5.97. The van der Waals surface area contributed by atoms with Crippen LogP contribution in [0.4, 0.5) is 0 Å². The number of halogens is 1. The van der Waals surface area contributed by atoms with Crippen LogP contribution in [0, 0.1) is 0 Å². The lowest BCUT2D eigenvalue weighted by Crippen LogP contribution is -2.47. The second-order valence-electron chi connectivity index (χ2n) is 6.07. The van der Waals surface area contributed by atoms with Crippen molar-refractivity contribution < 1.29 is 9.84 Å². The average Bonchev–Trinajstić information content (AvgIpc) is 2.58. The fourth-order valence-corrected chi connectivity index (χ4v) is 2.98. The van der Waals surface area contributed by atoms with Crippen molar-refractivity contribution in [3.05, 3.63) is 59.4 Å². The normalized spacial score (nSPS) is 17.8. The average molecular weight is 333 g/mol. The zero-order valence-corrected chi connectivity index (χ0v) is 13.7. The first kappa shape index (κ1) is 16.2. The molecule has 5 heteroatoms. The topological polar surface area (TPSA) is 45.6 Å². The fourth-order valence-electron chi connectivity index (χ4n) is 2.80. The molecule has 3 rings (SSSR count). The Kier molecular flexibility index (Phi) is 5.16. The van der Waals surface area contributed by atoms with Gasteiger partial charge in [0.2, 0.25) is 0 Å². The molecule has 0 radical (unpaired) electrons. The van der Waals surface area contributed by atoms with Crippen LogP contribution < -0.4 is 4.74 Å². The van der Waals surface area contributed by atoms with Crippen molar-refractivity contribution in [1.29, 1.82) is 0 Å². The summed E-state index contributed by atoms with van der Waals surface area (Å²) in [5, 5.41) is 11.0. The maximum absolute atomic E-state index is 10.7. The Bertz CT molecular complexity index is 628. The van der Waals surface area contributed by atoms with Gasteiger partial charge in [-0.05, 0) is 30.5 Å². The highest BCUT2D eigenvalue weighted by molar-refractivity contribution is 6.30. The van der Waals surface area contributed by atoms with Crippen LogP contribution in [0.1, 0.15) is 18.4 Å². The Morgan fingerprint density at radius 3 is 2.57 bits per heavy atom. The number of aliphatic hydroxyl groups is 1. The largest absolute Gasteiger partial charge is 0.487 e. The summed E-state index contributed by atoms with van der Waals surface area (Å²) in [5.74, 6) is 0.523. The molecule has 0 aliphatic carbocycles. The van der Waals surface area contributed by atoms with Gasteiger partial charge in [0, 0.05) is 25.8 Å². The van der Waals surface area contributed by atoms with Gasteiger partial charge in [-0.3, -0.25) is 4.90 Å². The molecule has 1 saturated heterocycles. The van der Waals surface area contributed by atoms with E-state index in [4.69, 9.17) is 16.3 Å². The van der Waals surface area contributed by atoms with E-state index >= 15 is 0 Å². The van der Waals surface area contributed by atoms with Crippen LogP contribution in [-0.4, -0.2) is 40.3 Å². The van der Waals surface area contributed by atoms with E-state index in [0.29, 0.717) is 23.7 Å². The highest BCUT2D eigenvalue weighted by Gasteiger charge is 2.33. The first-order valence-electron chi connectivity index (χ1n) is 7.87. The zero-order valence-electron chi connectivity index (χ0n) is 13.0. The molecule has 0 atom stereocenters. The van der Waals surface area contributed by atoms with E-state index in [9.17, 15) is 5.11 Å². The molecule has 4 nitrogen and oxygen atoms in total. The Hall–Kier alpha value is -1.62. The lowest BCUT2D eigenvalue weighted by Gasteiger charge is -2.37. The minimum absolute atomic E-state index is 0.248. The Balaban J connectivity index is 1.50. The predicted molar refractivity (Wildman–Crippen MR) is 90.6 cm³/mol. The van der Waals surface area contributed by atoms with Crippen molar-refractivity contribution in [3.63, 3.8) is 0 Å². The molecule has 0 amide bonds. The van der Waals surface area contributed by atoms with Gasteiger partial charge in [-0.15, -0.1) is 0 Å². The van der Waals surface area contributed by atoms with E-state index in [0.717, 1.165) is 19.6 Å². The Labute approximate surface area is 141 Å². The molecule has 0 bridgehead atoms. The number of hydrogen-bond acceptors (Lipinski definition) is 4. The third kappa shape index (κ3) is 4.44. The van der Waals surface area contributed by atoms with Crippen molar-refractivity contribution >= 4 is 11.6 Å². The summed E-state index contributed by atoms with van der Waals surface area (Å²) in [6, 6.07) is 13.9. The number of ether oxygens (including phenoxy) is 1. The van der Waals surface area contributed by atoms with Gasteiger partial charge in [0.05, 0.1) is 0 Å². The van der Waals surface area contributed by atoms with Crippen LogP contribution in [0.3, 0.4) is 0 Å². The molecule has 1 aliphatic rings. The van der Waals surface area contributed by atoms with Crippen LogP contribution in [0.25, 0.3) is 0 Å². The number of likely N-dealkylation sites (tertiary alicyclic amines) is 1. The maximum Gasteiger partial charge on any atom is 0.171 e. The fraction of sp³-hybridized carbons (Fsp3) is 0.389. The molecule has 1 aromatic carbocycles. The highest BCUT2D eigenvalue weighted by atomic mass is 35.5. The van der Waals surface area contributed by atoms with E-state index in [-0.39, 0.29) is 6.61 Å². The monoisotopic (exact) mass is 332 g/mol. The Morgan fingerprint density at radius 2 is 1.87 bits per heavy atom. The number of rotatable bonds is 5. The first-order valence-corrected chi connectivity index (χ1v) is 8.24. The predicted octanol–water partition coefficient (Wildman–Crippen LogP) is 3.14. The molecule has 0 saturated carbocycles. The molecule has 2 aromatic rings. The van der Waals surface area contributed by atoms with Gasteiger partial charge in [-0.2, -0.15) is 0 Å². The highest BCUT2D eigenvalue weighted by Crippen LogP contribution is 2.27. The molecule has 1 fully saturated rings. The number of piperidine rings is 1. The van der Waals surface area contributed by atoms with Crippen LogP contribution in [0.15, 0.2) is 48.7 Å². The second-order valence-corrected chi connectivity index (χ2v) is 6.43. The van der Waals surface area contributed by atoms with Gasteiger partial charge in [0.25, 0.3) is 0 Å². The second kappa shape index (κ2) is 7.30. The smallest absolute Gasteiger partial charge is 0.171 e. The van der Waals surface area contributed by atoms with E-state index in [1.165, 1.54) is 5.56 Å². The van der Waals surface area contributed by atoms with Gasteiger partial charge in [-0.25, -0.2) is 4.98 Å². The quantitative estimate of drug-likeness (QED) is 0.854. The third-order valence-electron chi connectivity index (χ3n) is 4.26. The van der Waals surface area contributed by atoms with Crippen molar-refractivity contribution in [2.24, 2.45) is 0 Å². The van der Waals surface area contributed by atoms with E-state index in [2.05, 4.69) is 34.1 Å². The lowest BCUT2D eigenvalue weighted by molar-refractivity contribution is -0.0537. The van der Waals surface area contributed by atoms with Crippen molar-refractivity contribution in [1.82, 2.24) is 9.88 Å². The number of pyridine rings is 1. The Morgan fingerprint density at radius 1 is 1.13 bits per heavy atom. The molecule has 122 valence electrons. The number of hydrogen-bond donors (Lipinski definition) is 1. The molecule has 2 heterocycles. The minimum Gasteiger partial charge on any atom is -0.487 e. The summed E-state index contributed by atoms with van der Waals surface area (Å²) in [6.07, 6.45) is 3.00. The summed E-state index contributed by atoms with van der Waals surface area (Å²) in [6.45, 7) is 2.88. The maximum atomic E-state index is 10.7. The van der Waals surface area contributed by atoms with Gasteiger partial charge in [-0.1, -0.05) is 41.9 Å². The molecular formula is C18H21ClN2O2. The summed E-state index contributed by atoms with van der Waals surface area (Å²) in [7, 11) is 0. The molecule has 0 spiro atoms. The summed E-state index contributed by atoms with van der Waals surface area (Å²) < 4.78 is 5.67. The minimum atomic E-state index is -0.799. The molecule has 23 heavy (non-hydrogen) atoms. The number of nitrogens with zero attached hydrogens (tertiary/aromatic N) is 2. The lowest BCUT2D eigenvalue weighted by atomic mass is 9.92. The van der Waals surface area contributed by atoms with Gasteiger partial charge >= 0.3 is 0 Å². The number of aromatic nitrogens is 1. The van der Waals surface area contributed by atoms with Crippen molar-refractivity contribution in [2.45, 2.75) is 25.0 Å². The summed E-state index contributed by atoms with van der Waals surface area (Å²) in [4.78, 5) is 6.34. The van der Waals surface area contributed by atoms with Crippen molar-refractivity contribution in [3.8, 4) is 5.75 Å². The van der Waals surface area contributed by atoms with Gasteiger partial charge in [0.1, 0.15) is 12.2 Å². The van der Waals surface area contributed by atoms with E-state index in [1.807, 2.05) is 6.07 Å². The first-order chi connectivity index (χ1) is 11.1. The SMILES string of the molecule is OC1(COc2cccnc2Cl)CCN(Cc2ccccc2)CC1. The van der Waals surface area contributed by atoms with Gasteiger partial charge < -0.3 is 9.84 Å². The standard InChI is InChI=1S/C18H21ClN2O2/c19-17-16(7-4-10-20-17)23-14-18(22)8-11-21(12-9-18)13-15-5-2-1-3-6-15/h1-7,10,22H,8-9,11-14H2. The van der Waals surface area contributed by atoms with E-state index in [1.54, 1.807) is 18.3 Å². The zero-order chi connectivity index (χ0) is 16.1. The van der Waals surface area contributed by atoms with E-state index < -0.39 is 5.60 Å². The molecular weight excluding hydrogens is 312 g/mol. The van der Waals surface area contributed by atoms with Crippen molar-refractivity contribution in [2.75, 3.05) is 19.7 Å². The summed E-state index contributed by atoms with van der Waals surface area (Å²) in [5.41, 5.74) is 0.503. The molecule has 1 aliphatic heterocycles. The van der Waals surface area contributed by atoms with Crippen LogP contribution in [0.5, 0.6) is 5.75 Å². The van der Waals surface area contributed by atoms with Crippen LogP contribution in [-0.2, 0) is 6.54 Å². The molecule has 1 aromatic heterocycles. The number of benzene rings is 1. The molecule has 1 N–H and O–H groups in total. The van der Waals surface area contributed by atoms with Crippen LogP contribution >= 0.6 is 11.6 Å². The van der Waals surface area contributed by atoms with Crippen LogP contribution in [0.2, 0.25) is 5.15 Å². The van der Waals surface area contributed by atoms with Gasteiger partial charge in [0.15, 0.2) is 10.9 Å². The third-order valence-corrected chi connectivity index (χ3v) is 4.54. The molecule has 0 unspecified atom stereocenters.